The molecule has 0 radical (unpaired) electrons. The fraction of sp³-hybridized carbons (Fsp3) is 0.579. The quantitative estimate of drug-likeness (QED) is 0.401. The average Bonchev–Trinajstić information content (AvgIpc) is 3.33. The van der Waals surface area contributed by atoms with Gasteiger partial charge in [-0.2, -0.15) is 0 Å². The van der Waals surface area contributed by atoms with Crippen LogP contribution in [0.2, 0.25) is 0 Å². The second kappa shape index (κ2) is 9.14. The van der Waals surface area contributed by atoms with Crippen LogP contribution in [0.5, 0.6) is 0 Å². The van der Waals surface area contributed by atoms with E-state index in [1.165, 1.54) is 76.8 Å². The predicted octanol–water partition coefficient (Wildman–Crippen LogP) is 6.15. The third-order valence-corrected chi connectivity index (χ3v) is 13.3. The lowest BCUT2D eigenvalue weighted by molar-refractivity contribution is -0.138. The first kappa shape index (κ1) is 28.2. The molecule has 6 nitrogen and oxygen atoms in total. The lowest BCUT2D eigenvalue weighted by Gasteiger charge is -2.63. The van der Waals surface area contributed by atoms with Crippen LogP contribution < -0.4 is 4.90 Å². The van der Waals surface area contributed by atoms with Crippen molar-refractivity contribution in [3.05, 3.63) is 63.2 Å². The largest absolute Gasteiger partial charge is 0.285 e. The lowest BCUT2D eigenvalue weighted by atomic mass is 9.41. The number of fused-ring (bicyclic) bond motifs is 2. The van der Waals surface area contributed by atoms with Gasteiger partial charge in [0.25, 0.3) is 0 Å². The molecule has 6 atom stereocenters. The third-order valence-electron chi connectivity index (χ3n) is 13.3. The predicted molar refractivity (Wildman–Crippen MR) is 168 cm³/mol. The number of rotatable bonds is 3. The van der Waals surface area contributed by atoms with E-state index in [9.17, 15) is 19.2 Å². The molecule has 7 fully saturated rings. The van der Waals surface area contributed by atoms with Gasteiger partial charge in [0.15, 0.2) is 0 Å². The summed E-state index contributed by atoms with van der Waals surface area (Å²) in [4.78, 5) is 55.9. The highest BCUT2D eigenvalue weighted by atomic mass is 16.2. The summed E-state index contributed by atoms with van der Waals surface area (Å²) in [6.07, 6.45) is 8.08. The van der Waals surface area contributed by atoms with Crippen LogP contribution in [0.15, 0.2) is 24.3 Å². The molecule has 9 rings (SSSR count). The molecule has 2 heterocycles. The highest BCUT2D eigenvalue weighted by molar-refractivity contribution is 6.23. The molecule has 0 aromatic heterocycles. The van der Waals surface area contributed by atoms with E-state index in [1.807, 2.05) is 13.8 Å². The Bertz CT molecular complexity index is 1590. The number of aryl methyl sites for hydroxylation is 4. The van der Waals surface area contributed by atoms with E-state index < -0.39 is 23.7 Å². The number of benzene rings is 2. The minimum Gasteiger partial charge on any atom is -0.285 e. The van der Waals surface area contributed by atoms with Gasteiger partial charge in [-0.15, -0.1) is 0 Å². The summed E-state index contributed by atoms with van der Waals surface area (Å²) in [5, 5.41) is 0. The average molecular weight is 593 g/mol. The Hall–Kier alpha value is -3.28. The lowest BCUT2D eigenvalue weighted by Crippen LogP contribution is -2.56. The Balaban J connectivity index is 1.14. The molecule has 0 spiro atoms. The van der Waals surface area contributed by atoms with E-state index in [4.69, 9.17) is 0 Å². The number of nitrogens with zero attached hydrogens (tertiary/aromatic N) is 2. The minimum atomic E-state index is -0.532. The number of imide groups is 2. The number of carbonyl (C=O) groups is 4. The van der Waals surface area contributed by atoms with E-state index in [-0.39, 0.29) is 47.3 Å². The third kappa shape index (κ3) is 3.66. The standard InChI is InChI=1S/C38H44N2O4/c1-19-7-26(8-20(2)23(19)5)37-14-24-11-25(15-37)17-38(16-24,18-37)27-9-21(3)32(22(4)10-27)40-35(43)30-12-28-29(13-31(30)36(40)44)34(42)39(6)33(28)41/h7-10,24-25,28-31H,11-18H2,1-6H3. The molecule has 2 aliphatic heterocycles. The first-order chi connectivity index (χ1) is 20.8. The normalized spacial score (nSPS) is 37.3. The zero-order valence-electron chi connectivity index (χ0n) is 27.0. The maximum atomic E-state index is 13.9. The van der Waals surface area contributed by atoms with Crippen molar-refractivity contribution in [3.8, 4) is 0 Å². The Morgan fingerprint density at radius 3 is 1.39 bits per heavy atom. The first-order valence-corrected chi connectivity index (χ1v) is 16.7. The number of carbonyl (C=O) groups excluding carboxylic acids is 4. The number of amides is 4. The molecule has 2 aromatic carbocycles. The smallest absolute Gasteiger partial charge is 0.237 e. The summed E-state index contributed by atoms with van der Waals surface area (Å²) in [6.45, 7) is 10.8. The second-order valence-electron chi connectivity index (χ2n) is 15.9. The van der Waals surface area contributed by atoms with Crippen molar-refractivity contribution in [3.63, 3.8) is 0 Å². The molecule has 6 unspecified atom stereocenters. The van der Waals surface area contributed by atoms with Crippen LogP contribution in [0.1, 0.15) is 90.3 Å². The summed E-state index contributed by atoms with van der Waals surface area (Å²) < 4.78 is 0. The van der Waals surface area contributed by atoms with Gasteiger partial charge >= 0.3 is 0 Å². The van der Waals surface area contributed by atoms with E-state index in [0.29, 0.717) is 5.69 Å². The second-order valence-corrected chi connectivity index (χ2v) is 15.9. The van der Waals surface area contributed by atoms with Gasteiger partial charge in [0.05, 0.1) is 29.4 Å². The van der Waals surface area contributed by atoms with E-state index in [0.717, 1.165) is 29.4 Å². The first-order valence-electron chi connectivity index (χ1n) is 16.7. The number of likely N-dealkylation sites (tertiary alicyclic amines) is 1. The highest BCUT2D eigenvalue weighted by Gasteiger charge is 2.61. The van der Waals surface area contributed by atoms with Crippen LogP contribution in [-0.2, 0) is 30.0 Å². The molecule has 2 aromatic rings. The van der Waals surface area contributed by atoms with Gasteiger partial charge < -0.3 is 0 Å². The SMILES string of the molecule is Cc1cc(C23CC4CC(C2)CC(c2cc(C)c(N5C(=O)C6CC7C(=O)N(C)C(=O)C7CC6C5=O)c(C)c2)(C4)C3)cc(C)c1C. The Morgan fingerprint density at radius 2 is 0.955 bits per heavy atom. The summed E-state index contributed by atoms with van der Waals surface area (Å²) in [5.74, 6) is -1.41. The molecule has 0 N–H and O–H groups in total. The number of hydrogen-bond acceptors (Lipinski definition) is 4. The zero-order valence-corrected chi connectivity index (χ0v) is 27.0. The van der Waals surface area contributed by atoms with E-state index in [2.05, 4.69) is 45.0 Å². The highest BCUT2D eigenvalue weighted by Crippen LogP contribution is 2.66. The van der Waals surface area contributed by atoms with Crippen molar-refractivity contribution in [2.75, 3.05) is 11.9 Å². The monoisotopic (exact) mass is 592 g/mol. The van der Waals surface area contributed by atoms with Crippen molar-refractivity contribution >= 4 is 29.3 Å². The maximum absolute atomic E-state index is 13.9. The fourth-order valence-electron chi connectivity index (χ4n) is 11.5. The molecular weight excluding hydrogens is 548 g/mol. The summed E-state index contributed by atoms with van der Waals surface area (Å²) in [7, 11) is 1.51. The summed E-state index contributed by atoms with van der Waals surface area (Å²) in [6, 6.07) is 9.52. The van der Waals surface area contributed by atoms with Crippen molar-refractivity contribution in [2.24, 2.45) is 35.5 Å². The van der Waals surface area contributed by atoms with Crippen molar-refractivity contribution in [2.45, 2.75) is 96.8 Å². The van der Waals surface area contributed by atoms with Gasteiger partial charge in [0, 0.05) is 7.05 Å². The molecule has 5 saturated carbocycles. The molecule has 230 valence electrons. The van der Waals surface area contributed by atoms with Crippen LogP contribution in [0, 0.1) is 70.1 Å². The minimum absolute atomic E-state index is 0.113. The molecule has 4 bridgehead atoms. The summed E-state index contributed by atoms with van der Waals surface area (Å²) in [5.41, 5.74) is 10.1. The number of hydrogen-bond donors (Lipinski definition) is 0. The van der Waals surface area contributed by atoms with Gasteiger partial charge in [-0.25, -0.2) is 4.90 Å². The van der Waals surface area contributed by atoms with Gasteiger partial charge in [0.2, 0.25) is 23.6 Å². The van der Waals surface area contributed by atoms with Crippen LogP contribution in [0.3, 0.4) is 0 Å². The number of anilines is 1. The summed E-state index contributed by atoms with van der Waals surface area (Å²) >= 11 is 0. The van der Waals surface area contributed by atoms with Crippen molar-refractivity contribution in [1.29, 1.82) is 0 Å². The zero-order chi connectivity index (χ0) is 31.0. The molecule has 7 aliphatic rings. The molecular formula is C38H44N2O4. The fourth-order valence-corrected chi connectivity index (χ4v) is 11.5. The van der Waals surface area contributed by atoms with Gasteiger partial charge in [-0.1, -0.05) is 24.3 Å². The van der Waals surface area contributed by atoms with Gasteiger partial charge in [-0.05, 0) is 148 Å². The molecule has 4 amide bonds. The Labute approximate surface area is 260 Å². The molecule has 44 heavy (non-hydrogen) atoms. The van der Waals surface area contributed by atoms with Crippen molar-refractivity contribution < 1.29 is 19.2 Å². The molecule has 2 saturated heterocycles. The van der Waals surface area contributed by atoms with Gasteiger partial charge in [-0.3, -0.25) is 24.1 Å². The maximum Gasteiger partial charge on any atom is 0.237 e. The van der Waals surface area contributed by atoms with E-state index >= 15 is 0 Å². The van der Waals surface area contributed by atoms with Crippen LogP contribution >= 0.6 is 0 Å². The Kier molecular flexibility index (Phi) is 5.86. The Morgan fingerprint density at radius 1 is 0.568 bits per heavy atom. The topological polar surface area (TPSA) is 74.8 Å². The van der Waals surface area contributed by atoms with Crippen LogP contribution in [0.25, 0.3) is 0 Å². The van der Waals surface area contributed by atoms with Crippen molar-refractivity contribution in [1.82, 2.24) is 4.90 Å². The van der Waals surface area contributed by atoms with Crippen LogP contribution in [0.4, 0.5) is 5.69 Å². The van der Waals surface area contributed by atoms with Gasteiger partial charge in [0.1, 0.15) is 0 Å². The molecule has 5 aliphatic carbocycles. The molecule has 6 heteroatoms. The van der Waals surface area contributed by atoms with E-state index in [1.54, 1.807) is 0 Å². The van der Waals surface area contributed by atoms with Crippen LogP contribution in [-0.4, -0.2) is 35.6 Å².